The van der Waals surface area contributed by atoms with Crippen LogP contribution >= 0.6 is 0 Å². The summed E-state index contributed by atoms with van der Waals surface area (Å²) in [5.41, 5.74) is 1.58. The highest BCUT2D eigenvalue weighted by atomic mass is 16.3. The van der Waals surface area contributed by atoms with E-state index >= 15 is 0 Å². The second-order valence-electron chi connectivity index (χ2n) is 5.65. The Morgan fingerprint density at radius 3 is 2.31 bits per heavy atom. The van der Waals surface area contributed by atoms with E-state index in [-0.39, 0.29) is 0 Å². The molecular formula is C14H25NO. The predicted molar refractivity (Wildman–Crippen MR) is 68.6 cm³/mol. The molecule has 1 aromatic rings. The maximum absolute atomic E-state index is 5.53. The van der Waals surface area contributed by atoms with Crippen molar-refractivity contribution in [3.05, 3.63) is 23.2 Å². The highest BCUT2D eigenvalue weighted by Gasteiger charge is 2.22. The van der Waals surface area contributed by atoms with Crippen LogP contribution in [-0.2, 0) is 6.54 Å². The van der Waals surface area contributed by atoms with Crippen molar-refractivity contribution in [3.63, 3.8) is 0 Å². The van der Waals surface area contributed by atoms with Gasteiger partial charge in [0.15, 0.2) is 0 Å². The molecule has 0 aliphatic heterocycles. The fourth-order valence-corrected chi connectivity index (χ4v) is 2.16. The van der Waals surface area contributed by atoms with Crippen LogP contribution in [0.5, 0.6) is 0 Å². The van der Waals surface area contributed by atoms with E-state index in [1.807, 2.05) is 13.8 Å². The highest BCUT2D eigenvalue weighted by molar-refractivity contribution is 5.19. The van der Waals surface area contributed by atoms with Gasteiger partial charge in [-0.2, -0.15) is 0 Å². The Kier molecular flexibility index (Phi) is 4.20. The van der Waals surface area contributed by atoms with Gasteiger partial charge in [-0.1, -0.05) is 27.7 Å². The zero-order chi connectivity index (χ0) is 12.3. The second-order valence-corrected chi connectivity index (χ2v) is 5.65. The molecule has 0 spiro atoms. The highest BCUT2D eigenvalue weighted by Crippen LogP contribution is 2.22. The molecule has 0 saturated carbocycles. The Balaban J connectivity index is 2.60. The smallest absolute Gasteiger partial charge is 0.105 e. The Bertz CT molecular complexity index is 333. The lowest BCUT2D eigenvalue weighted by Crippen LogP contribution is -2.39. The molecule has 92 valence electrons. The lowest BCUT2D eigenvalue weighted by molar-refractivity contribution is 0.259. The maximum atomic E-state index is 5.53. The summed E-state index contributed by atoms with van der Waals surface area (Å²) in [6, 6.07) is 2.67. The molecule has 1 N–H and O–H groups in total. The molecule has 0 bridgehead atoms. The van der Waals surface area contributed by atoms with Crippen LogP contribution in [0.4, 0.5) is 0 Å². The molecule has 0 aromatic carbocycles. The third kappa shape index (κ3) is 3.38. The molecule has 2 nitrogen and oxygen atoms in total. The van der Waals surface area contributed by atoms with Crippen LogP contribution in [0, 0.1) is 19.3 Å². The molecule has 0 fully saturated rings. The third-order valence-corrected chi connectivity index (χ3v) is 3.14. The lowest BCUT2D eigenvalue weighted by atomic mass is 9.85. The van der Waals surface area contributed by atoms with Crippen molar-refractivity contribution >= 4 is 0 Å². The van der Waals surface area contributed by atoms with Crippen molar-refractivity contribution in [2.75, 3.05) is 0 Å². The summed E-state index contributed by atoms with van der Waals surface area (Å²) >= 11 is 0. The van der Waals surface area contributed by atoms with Gasteiger partial charge in [0.1, 0.15) is 11.5 Å². The summed E-state index contributed by atoms with van der Waals surface area (Å²) in [4.78, 5) is 0. The van der Waals surface area contributed by atoms with Gasteiger partial charge in [0.2, 0.25) is 0 Å². The molecule has 1 rings (SSSR count). The Morgan fingerprint density at radius 2 is 1.94 bits per heavy atom. The first kappa shape index (κ1) is 13.3. The molecular weight excluding hydrogens is 198 g/mol. The van der Waals surface area contributed by atoms with Gasteiger partial charge < -0.3 is 9.73 Å². The van der Waals surface area contributed by atoms with E-state index in [2.05, 4.69) is 39.1 Å². The van der Waals surface area contributed by atoms with E-state index in [0.717, 1.165) is 24.5 Å². The SMILES string of the molecule is CCC(NCc1cc(C)oc1C)C(C)(C)C. The largest absolute Gasteiger partial charge is 0.466 e. The van der Waals surface area contributed by atoms with Gasteiger partial charge in [-0.25, -0.2) is 0 Å². The molecule has 1 unspecified atom stereocenters. The van der Waals surface area contributed by atoms with Gasteiger partial charge in [-0.15, -0.1) is 0 Å². The van der Waals surface area contributed by atoms with Crippen molar-refractivity contribution in [1.82, 2.24) is 5.32 Å². The summed E-state index contributed by atoms with van der Waals surface area (Å²) in [5, 5.41) is 3.62. The van der Waals surface area contributed by atoms with E-state index < -0.39 is 0 Å². The van der Waals surface area contributed by atoms with E-state index in [9.17, 15) is 0 Å². The molecule has 1 atom stereocenters. The Labute approximate surface area is 99.4 Å². The first-order chi connectivity index (χ1) is 7.34. The van der Waals surface area contributed by atoms with Crippen LogP contribution in [0.3, 0.4) is 0 Å². The van der Waals surface area contributed by atoms with E-state index in [4.69, 9.17) is 4.42 Å². The minimum absolute atomic E-state index is 0.307. The zero-order valence-electron chi connectivity index (χ0n) is 11.5. The van der Waals surface area contributed by atoms with Crippen LogP contribution in [0.15, 0.2) is 10.5 Å². The topological polar surface area (TPSA) is 25.2 Å². The minimum atomic E-state index is 0.307. The number of nitrogens with one attached hydrogen (secondary N) is 1. The zero-order valence-corrected chi connectivity index (χ0v) is 11.5. The van der Waals surface area contributed by atoms with Gasteiger partial charge in [0, 0.05) is 18.2 Å². The summed E-state index contributed by atoms with van der Waals surface area (Å²) < 4.78 is 5.53. The summed E-state index contributed by atoms with van der Waals surface area (Å²) in [6.07, 6.45) is 1.15. The van der Waals surface area contributed by atoms with Crippen LogP contribution in [0.2, 0.25) is 0 Å². The predicted octanol–water partition coefficient (Wildman–Crippen LogP) is 3.81. The number of hydrogen-bond donors (Lipinski definition) is 1. The second kappa shape index (κ2) is 5.05. The normalized spacial score (nSPS) is 14.1. The van der Waals surface area contributed by atoms with E-state index in [0.29, 0.717) is 11.5 Å². The van der Waals surface area contributed by atoms with E-state index in [1.165, 1.54) is 5.56 Å². The fraction of sp³-hybridized carbons (Fsp3) is 0.714. The fourth-order valence-electron chi connectivity index (χ4n) is 2.16. The standard InChI is InChI=1S/C14H25NO/c1-7-13(14(4,5)6)15-9-12-8-10(2)16-11(12)3/h8,13,15H,7,9H2,1-6H3. The molecule has 0 aliphatic rings. The van der Waals surface area contributed by atoms with Crippen molar-refractivity contribution in [3.8, 4) is 0 Å². The van der Waals surface area contributed by atoms with Gasteiger partial charge in [-0.05, 0) is 31.7 Å². The first-order valence-electron chi connectivity index (χ1n) is 6.14. The van der Waals surface area contributed by atoms with Gasteiger partial charge in [0.05, 0.1) is 0 Å². The van der Waals surface area contributed by atoms with Crippen molar-refractivity contribution in [2.24, 2.45) is 5.41 Å². The van der Waals surface area contributed by atoms with Crippen LogP contribution in [0.1, 0.15) is 51.2 Å². The van der Waals surface area contributed by atoms with Gasteiger partial charge >= 0.3 is 0 Å². The number of aryl methyl sites for hydroxylation is 2. The van der Waals surface area contributed by atoms with Crippen LogP contribution < -0.4 is 5.32 Å². The monoisotopic (exact) mass is 223 g/mol. The molecule has 16 heavy (non-hydrogen) atoms. The summed E-state index contributed by atoms with van der Waals surface area (Å²) in [6.45, 7) is 14.0. The average Bonchev–Trinajstić information content (AvgIpc) is 2.44. The summed E-state index contributed by atoms with van der Waals surface area (Å²) in [5.74, 6) is 2.03. The molecule has 0 saturated heterocycles. The number of hydrogen-bond acceptors (Lipinski definition) is 2. The first-order valence-corrected chi connectivity index (χ1v) is 6.14. The molecule has 0 radical (unpaired) electrons. The van der Waals surface area contributed by atoms with Crippen molar-refractivity contribution in [2.45, 2.75) is 60.5 Å². The number of furan rings is 1. The molecule has 0 aliphatic carbocycles. The van der Waals surface area contributed by atoms with E-state index in [1.54, 1.807) is 0 Å². The maximum Gasteiger partial charge on any atom is 0.105 e. The van der Waals surface area contributed by atoms with Gasteiger partial charge in [0.25, 0.3) is 0 Å². The molecule has 1 aromatic heterocycles. The molecule has 0 amide bonds. The number of rotatable bonds is 4. The third-order valence-electron chi connectivity index (χ3n) is 3.14. The van der Waals surface area contributed by atoms with Crippen LogP contribution in [0.25, 0.3) is 0 Å². The quantitative estimate of drug-likeness (QED) is 0.839. The van der Waals surface area contributed by atoms with Gasteiger partial charge in [-0.3, -0.25) is 0 Å². The lowest BCUT2D eigenvalue weighted by Gasteiger charge is -2.30. The van der Waals surface area contributed by atoms with Crippen molar-refractivity contribution in [1.29, 1.82) is 0 Å². The Morgan fingerprint density at radius 1 is 1.31 bits per heavy atom. The molecule has 2 heteroatoms. The average molecular weight is 223 g/mol. The summed E-state index contributed by atoms with van der Waals surface area (Å²) in [7, 11) is 0. The van der Waals surface area contributed by atoms with Crippen molar-refractivity contribution < 1.29 is 4.42 Å². The minimum Gasteiger partial charge on any atom is -0.466 e. The van der Waals surface area contributed by atoms with Crippen LogP contribution in [-0.4, -0.2) is 6.04 Å². The molecule has 1 heterocycles. The Hall–Kier alpha value is -0.760.